The molecule has 0 aromatic carbocycles. The van der Waals surface area contributed by atoms with E-state index in [9.17, 15) is 9.59 Å². The number of hydrogen-bond donors (Lipinski definition) is 1. The molecule has 0 atom stereocenters. The largest absolute Gasteiger partial charge is 0.481 e. The van der Waals surface area contributed by atoms with Crippen LogP contribution in [0.25, 0.3) is 5.69 Å². The van der Waals surface area contributed by atoms with E-state index in [-0.39, 0.29) is 5.75 Å². The minimum atomic E-state index is -0.979. The molecule has 104 valence electrons. The van der Waals surface area contributed by atoms with Crippen molar-refractivity contribution in [2.75, 3.05) is 12.9 Å². The molecule has 0 fully saturated rings. The second-order valence-electron chi connectivity index (χ2n) is 3.66. The van der Waals surface area contributed by atoms with Crippen molar-refractivity contribution in [3.05, 3.63) is 40.9 Å². The summed E-state index contributed by atoms with van der Waals surface area (Å²) in [5.41, 5.74) is 0.238. The fourth-order valence-corrected chi connectivity index (χ4v) is 2.16. The third-order valence-corrected chi connectivity index (χ3v) is 3.25. The number of nitrogens with zero attached hydrogens (tertiary/aromatic N) is 3. The van der Waals surface area contributed by atoms with Crippen molar-refractivity contribution in [3.8, 4) is 11.6 Å². The molecular weight excluding hydrogens is 282 g/mol. The van der Waals surface area contributed by atoms with Gasteiger partial charge in [-0.15, -0.1) is 0 Å². The molecule has 2 heterocycles. The zero-order chi connectivity index (χ0) is 14.5. The first kappa shape index (κ1) is 14.1. The van der Waals surface area contributed by atoms with Gasteiger partial charge in [0.2, 0.25) is 5.88 Å². The van der Waals surface area contributed by atoms with Gasteiger partial charge in [-0.2, -0.15) is 4.98 Å². The number of aliphatic carboxylic acids is 1. The van der Waals surface area contributed by atoms with Crippen LogP contribution in [0, 0.1) is 0 Å². The molecule has 2 rings (SSSR count). The lowest BCUT2D eigenvalue weighted by atomic mass is 10.4. The highest BCUT2D eigenvalue weighted by Gasteiger charge is 2.09. The Balaban J connectivity index is 2.38. The van der Waals surface area contributed by atoms with Gasteiger partial charge in [0.25, 0.3) is 5.56 Å². The smallest absolute Gasteiger partial charge is 0.313 e. The van der Waals surface area contributed by atoms with Crippen LogP contribution in [0.3, 0.4) is 0 Å². The Morgan fingerprint density at radius 2 is 2.25 bits per heavy atom. The summed E-state index contributed by atoms with van der Waals surface area (Å²) in [7, 11) is 1.51. The Morgan fingerprint density at radius 1 is 1.45 bits per heavy atom. The van der Waals surface area contributed by atoms with Crippen molar-refractivity contribution in [1.82, 2.24) is 14.5 Å². The molecule has 0 saturated heterocycles. The van der Waals surface area contributed by atoms with Gasteiger partial charge in [0, 0.05) is 18.3 Å². The van der Waals surface area contributed by atoms with Gasteiger partial charge in [0.1, 0.15) is 0 Å². The van der Waals surface area contributed by atoms with E-state index in [1.54, 1.807) is 22.9 Å². The molecule has 0 aliphatic heterocycles. The van der Waals surface area contributed by atoms with Crippen LogP contribution < -0.4 is 10.3 Å². The molecule has 0 unspecified atom stereocenters. The molecule has 7 nitrogen and oxygen atoms in total. The fraction of sp³-hybridized carbons (Fsp3) is 0.167. The zero-order valence-electron chi connectivity index (χ0n) is 10.5. The monoisotopic (exact) mass is 293 g/mol. The van der Waals surface area contributed by atoms with Gasteiger partial charge in [-0.1, -0.05) is 11.8 Å². The van der Waals surface area contributed by atoms with E-state index in [1.165, 1.54) is 19.4 Å². The first-order chi connectivity index (χ1) is 9.60. The molecule has 0 saturated carbocycles. The predicted octanol–water partition coefficient (Wildman–Crippen LogP) is 0.813. The number of hydrogen-bond acceptors (Lipinski definition) is 6. The average Bonchev–Trinajstić information content (AvgIpc) is 2.45. The quantitative estimate of drug-likeness (QED) is 0.644. The Labute approximate surface area is 118 Å². The van der Waals surface area contributed by atoms with E-state index < -0.39 is 11.5 Å². The molecule has 0 bridgehead atoms. The second-order valence-corrected chi connectivity index (χ2v) is 4.60. The molecule has 0 amide bonds. The molecule has 0 radical (unpaired) electrons. The average molecular weight is 293 g/mol. The van der Waals surface area contributed by atoms with Crippen LogP contribution >= 0.6 is 11.8 Å². The van der Waals surface area contributed by atoms with Crippen LogP contribution in [0.15, 0.2) is 40.5 Å². The van der Waals surface area contributed by atoms with Crippen molar-refractivity contribution in [2.24, 2.45) is 0 Å². The van der Waals surface area contributed by atoms with Crippen LogP contribution in [-0.2, 0) is 4.79 Å². The first-order valence-electron chi connectivity index (χ1n) is 5.55. The van der Waals surface area contributed by atoms with Gasteiger partial charge in [-0.3, -0.25) is 14.2 Å². The summed E-state index contributed by atoms with van der Waals surface area (Å²) < 4.78 is 6.56. The topological polar surface area (TPSA) is 94.3 Å². The van der Waals surface area contributed by atoms with Crippen LogP contribution in [-0.4, -0.2) is 38.5 Å². The van der Waals surface area contributed by atoms with E-state index in [0.717, 1.165) is 11.8 Å². The summed E-state index contributed by atoms with van der Waals surface area (Å²) in [4.78, 5) is 29.8. The number of thioether (sulfide) groups is 1. The number of carboxylic acid groups (broad SMARTS) is 1. The molecule has 0 aliphatic rings. The molecule has 2 aromatic rings. The van der Waals surface area contributed by atoms with Crippen molar-refractivity contribution in [2.45, 2.75) is 5.16 Å². The van der Waals surface area contributed by atoms with Crippen molar-refractivity contribution < 1.29 is 14.6 Å². The minimum absolute atomic E-state index is 0.181. The first-order valence-corrected chi connectivity index (χ1v) is 6.53. The Kier molecular flexibility index (Phi) is 4.36. The Morgan fingerprint density at radius 3 is 2.85 bits per heavy atom. The van der Waals surface area contributed by atoms with Crippen molar-refractivity contribution in [3.63, 3.8) is 0 Å². The van der Waals surface area contributed by atoms with E-state index in [0.29, 0.717) is 16.7 Å². The number of aromatic nitrogens is 3. The van der Waals surface area contributed by atoms with Crippen LogP contribution in [0.4, 0.5) is 0 Å². The van der Waals surface area contributed by atoms with E-state index in [1.807, 2.05) is 0 Å². The summed E-state index contributed by atoms with van der Waals surface area (Å²) in [5, 5.41) is 9.01. The molecule has 0 aliphatic carbocycles. The number of ether oxygens (including phenoxy) is 1. The maximum absolute atomic E-state index is 11.3. The predicted molar refractivity (Wildman–Crippen MR) is 72.5 cm³/mol. The van der Waals surface area contributed by atoms with Gasteiger partial charge in [-0.05, 0) is 6.07 Å². The number of rotatable bonds is 5. The molecule has 8 heteroatoms. The summed E-state index contributed by atoms with van der Waals surface area (Å²) in [6, 6.07) is 4.71. The van der Waals surface area contributed by atoms with Crippen molar-refractivity contribution in [1.29, 1.82) is 0 Å². The number of carboxylic acids is 1. The lowest BCUT2D eigenvalue weighted by Gasteiger charge is -2.10. The van der Waals surface area contributed by atoms with E-state index in [4.69, 9.17) is 9.84 Å². The van der Waals surface area contributed by atoms with Gasteiger partial charge in [-0.25, -0.2) is 4.98 Å². The normalized spacial score (nSPS) is 10.2. The van der Waals surface area contributed by atoms with Gasteiger partial charge < -0.3 is 9.84 Å². The molecule has 1 N–H and O–H groups in total. The minimum Gasteiger partial charge on any atom is -0.481 e. The highest BCUT2D eigenvalue weighted by molar-refractivity contribution is 7.99. The number of pyridine rings is 1. The maximum Gasteiger partial charge on any atom is 0.313 e. The van der Waals surface area contributed by atoms with Gasteiger partial charge in [0.05, 0.1) is 24.7 Å². The lowest BCUT2D eigenvalue weighted by molar-refractivity contribution is -0.133. The van der Waals surface area contributed by atoms with Crippen LogP contribution in [0.1, 0.15) is 0 Å². The summed E-state index contributed by atoms with van der Waals surface area (Å²) in [6.07, 6.45) is 3.08. The highest BCUT2D eigenvalue weighted by Crippen LogP contribution is 2.19. The van der Waals surface area contributed by atoms with E-state index >= 15 is 0 Å². The third-order valence-electron chi connectivity index (χ3n) is 2.31. The van der Waals surface area contributed by atoms with Gasteiger partial charge >= 0.3 is 5.97 Å². The Hall–Kier alpha value is -2.35. The number of carbonyl (C=O) groups is 1. The molecular formula is C12H11N3O4S. The highest BCUT2D eigenvalue weighted by atomic mass is 32.2. The fourth-order valence-electron chi connectivity index (χ4n) is 1.45. The summed E-state index contributed by atoms with van der Waals surface area (Å²) in [6.45, 7) is 0. The maximum atomic E-state index is 11.3. The number of methoxy groups -OCH3 is 1. The summed E-state index contributed by atoms with van der Waals surface area (Å²) in [5.74, 6) is -0.699. The van der Waals surface area contributed by atoms with E-state index in [2.05, 4.69) is 9.97 Å². The Bertz CT molecular complexity index is 669. The third kappa shape index (κ3) is 3.35. The second kappa shape index (κ2) is 6.20. The molecule has 20 heavy (non-hydrogen) atoms. The molecule has 0 spiro atoms. The van der Waals surface area contributed by atoms with Crippen LogP contribution in [0.2, 0.25) is 0 Å². The molecule has 2 aromatic heterocycles. The van der Waals surface area contributed by atoms with Crippen molar-refractivity contribution >= 4 is 17.7 Å². The lowest BCUT2D eigenvalue weighted by Crippen LogP contribution is -2.13. The van der Waals surface area contributed by atoms with Crippen LogP contribution in [0.5, 0.6) is 5.88 Å². The standard InChI is InChI=1S/C12H11N3O4S/c1-19-10-3-2-8(6-13-10)15-5-4-9(16)14-12(15)20-7-11(17)18/h2-6H,7H2,1H3,(H,17,18). The SMILES string of the molecule is COc1ccc(-n2ccc(=O)nc2SCC(=O)O)cn1. The summed E-state index contributed by atoms with van der Waals surface area (Å²) >= 11 is 0.967. The van der Waals surface area contributed by atoms with Gasteiger partial charge in [0.15, 0.2) is 5.16 Å². The zero-order valence-corrected chi connectivity index (χ0v) is 11.3.